The van der Waals surface area contributed by atoms with Gasteiger partial charge in [0.25, 0.3) is 0 Å². The zero-order chi connectivity index (χ0) is 16.4. The van der Waals surface area contributed by atoms with E-state index in [0.717, 1.165) is 42.9 Å². The highest BCUT2D eigenvalue weighted by atomic mass is 35.5. The Morgan fingerprint density at radius 3 is 2.35 bits per heavy atom. The largest absolute Gasteiger partial charge is 0.356 e. The van der Waals surface area contributed by atoms with Crippen molar-refractivity contribution in [3.63, 3.8) is 0 Å². The predicted octanol–water partition coefficient (Wildman–Crippen LogP) is 3.80. The van der Waals surface area contributed by atoms with Crippen molar-refractivity contribution in [2.75, 3.05) is 24.2 Å². The Bertz CT molecular complexity index is 798. The van der Waals surface area contributed by atoms with Crippen LogP contribution < -0.4 is 4.90 Å². The summed E-state index contributed by atoms with van der Waals surface area (Å²) in [6.07, 6.45) is 6.46. The topological polar surface area (TPSA) is 50.3 Å². The summed E-state index contributed by atoms with van der Waals surface area (Å²) in [5, 5.41) is 0.577. The van der Waals surface area contributed by atoms with Crippen LogP contribution >= 0.6 is 11.6 Å². The van der Waals surface area contributed by atoms with Gasteiger partial charge >= 0.3 is 0 Å². The van der Waals surface area contributed by atoms with Gasteiger partial charge in [-0.05, 0) is 43.0 Å². The lowest BCUT2D eigenvalue weighted by Crippen LogP contribution is -2.30. The molecule has 0 N–H and O–H groups in total. The molecule has 0 spiro atoms. The van der Waals surface area contributed by atoms with Crippen molar-refractivity contribution in [3.05, 3.63) is 41.6 Å². The number of hydrogen-bond donors (Lipinski definition) is 0. The molecule has 0 unspecified atom stereocenters. The Kier molecular flexibility index (Phi) is 4.60. The maximum atomic E-state index is 11.6. The normalized spacial score (nSPS) is 15.7. The summed E-state index contributed by atoms with van der Waals surface area (Å²) in [6, 6.07) is 8.79. The van der Waals surface area contributed by atoms with E-state index in [-0.39, 0.29) is 0 Å². The van der Waals surface area contributed by atoms with E-state index in [9.17, 15) is 8.42 Å². The number of rotatable bonds is 3. The van der Waals surface area contributed by atoms with Crippen LogP contribution in [0.4, 0.5) is 5.82 Å². The molecule has 1 aromatic heterocycles. The van der Waals surface area contributed by atoms with Gasteiger partial charge in [0, 0.05) is 31.1 Å². The van der Waals surface area contributed by atoms with Crippen molar-refractivity contribution in [1.82, 2.24) is 4.98 Å². The molecule has 0 amide bonds. The van der Waals surface area contributed by atoms with Crippen molar-refractivity contribution in [2.24, 2.45) is 0 Å². The monoisotopic (exact) mass is 350 g/mol. The van der Waals surface area contributed by atoms with Gasteiger partial charge in [0.05, 0.1) is 9.92 Å². The van der Waals surface area contributed by atoms with Crippen LogP contribution in [-0.2, 0) is 9.84 Å². The Labute approximate surface area is 142 Å². The highest BCUT2D eigenvalue weighted by Gasteiger charge is 2.17. The molecule has 122 valence electrons. The second-order valence-electron chi connectivity index (χ2n) is 5.87. The van der Waals surface area contributed by atoms with Crippen LogP contribution in [0.2, 0.25) is 5.02 Å². The summed E-state index contributed by atoms with van der Waals surface area (Å²) >= 11 is 6.13. The minimum atomic E-state index is -3.19. The first-order valence-electron chi connectivity index (χ1n) is 7.66. The van der Waals surface area contributed by atoms with E-state index in [1.54, 1.807) is 18.3 Å². The zero-order valence-corrected chi connectivity index (χ0v) is 14.6. The fourth-order valence-corrected chi connectivity index (χ4v) is 3.67. The molecular formula is C17H19ClN2O2S. The minimum Gasteiger partial charge on any atom is -0.356 e. The molecule has 0 saturated carbocycles. The van der Waals surface area contributed by atoms with Gasteiger partial charge < -0.3 is 4.90 Å². The van der Waals surface area contributed by atoms with E-state index in [1.165, 1.54) is 12.7 Å². The van der Waals surface area contributed by atoms with Crippen molar-refractivity contribution < 1.29 is 8.42 Å². The van der Waals surface area contributed by atoms with Crippen molar-refractivity contribution >= 4 is 27.3 Å². The number of piperidine rings is 1. The van der Waals surface area contributed by atoms with Crippen LogP contribution in [0, 0.1) is 0 Å². The van der Waals surface area contributed by atoms with E-state index >= 15 is 0 Å². The van der Waals surface area contributed by atoms with Crippen LogP contribution in [-0.4, -0.2) is 32.7 Å². The van der Waals surface area contributed by atoms with Crippen LogP contribution in [0.25, 0.3) is 11.1 Å². The van der Waals surface area contributed by atoms with Crippen molar-refractivity contribution in [3.8, 4) is 11.1 Å². The molecule has 6 heteroatoms. The predicted molar refractivity (Wildman–Crippen MR) is 93.9 cm³/mol. The van der Waals surface area contributed by atoms with Gasteiger partial charge in [-0.1, -0.05) is 23.7 Å². The summed E-state index contributed by atoms with van der Waals surface area (Å²) in [5.41, 5.74) is 1.87. The van der Waals surface area contributed by atoms with Gasteiger partial charge in [0.15, 0.2) is 9.84 Å². The van der Waals surface area contributed by atoms with Crippen molar-refractivity contribution in [1.29, 1.82) is 0 Å². The third kappa shape index (κ3) is 3.67. The van der Waals surface area contributed by atoms with Gasteiger partial charge in [-0.25, -0.2) is 13.4 Å². The lowest BCUT2D eigenvalue weighted by atomic mass is 10.0. The molecule has 1 saturated heterocycles. The first kappa shape index (κ1) is 16.3. The number of halogens is 1. The number of anilines is 1. The zero-order valence-electron chi connectivity index (χ0n) is 13.0. The molecule has 23 heavy (non-hydrogen) atoms. The number of pyridine rings is 1. The Morgan fingerprint density at radius 2 is 1.74 bits per heavy atom. The minimum absolute atomic E-state index is 0.316. The molecule has 3 rings (SSSR count). The lowest BCUT2D eigenvalue weighted by Gasteiger charge is -2.29. The first-order valence-corrected chi connectivity index (χ1v) is 9.93. The molecule has 0 bridgehead atoms. The molecule has 0 aliphatic carbocycles. The molecule has 1 fully saturated rings. The standard InChI is InChI=1S/C17H19ClN2O2S/c1-23(21,22)15-7-5-13(6-8-15)16-11-14(18)12-19-17(16)20-9-3-2-4-10-20/h5-8,11-12H,2-4,9-10H2,1H3. The number of sulfone groups is 1. The van der Waals surface area contributed by atoms with Gasteiger partial charge in [-0.15, -0.1) is 0 Å². The Balaban J connectivity index is 2.02. The number of aromatic nitrogens is 1. The Hall–Kier alpha value is -1.59. The van der Waals surface area contributed by atoms with E-state index < -0.39 is 9.84 Å². The van der Waals surface area contributed by atoms with Gasteiger partial charge in [0.1, 0.15) is 5.82 Å². The summed E-state index contributed by atoms with van der Waals surface area (Å²) < 4.78 is 23.2. The number of nitrogens with zero attached hydrogens (tertiary/aromatic N) is 2. The molecule has 0 atom stereocenters. The lowest BCUT2D eigenvalue weighted by molar-refractivity contribution is 0.574. The second kappa shape index (κ2) is 6.49. The Morgan fingerprint density at radius 1 is 1.09 bits per heavy atom. The molecule has 1 aliphatic rings. The maximum absolute atomic E-state index is 11.6. The molecule has 0 radical (unpaired) electrons. The fraction of sp³-hybridized carbons (Fsp3) is 0.353. The fourth-order valence-electron chi connectivity index (χ4n) is 2.88. The van der Waals surface area contributed by atoms with Crippen LogP contribution in [0.15, 0.2) is 41.4 Å². The second-order valence-corrected chi connectivity index (χ2v) is 8.32. The van der Waals surface area contributed by atoms with Crippen LogP contribution in [0.3, 0.4) is 0 Å². The van der Waals surface area contributed by atoms with E-state index in [0.29, 0.717) is 9.92 Å². The van der Waals surface area contributed by atoms with Crippen molar-refractivity contribution in [2.45, 2.75) is 24.2 Å². The molecule has 1 aromatic carbocycles. The summed E-state index contributed by atoms with van der Waals surface area (Å²) in [4.78, 5) is 7.12. The SMILES string of the molecule is CS(=O)(=O)c1ccc(-c2cc(Cl)cnc2N2CCCCC2)cc1. The average Bonchev–Trinajstić information content (AvgIpc) is 2.55. The van der Waals surface area contributed by atoms with Gasteiger partial charge in [-0.3, -0.25) is 0 Å². The quantitative estimate of drug-likeness (QED) is 0.845. The maximum Gasteiger partial charge on any atom is 0.175 e. The highest BCUT2D eigenvalue weighted by Crippen LogP contribution is 2.33. The van der Waals surface area contributed by atoms with E-state index in [1.807, 2.05) is 18.2 Å². The molecule has 4 nitrogen and oxygen atoms in total. The van der Waals surface area contributed by atoms with Crippen LogP contribution in [0.1, 0.15) is 19.3 Å². The van der Waals surface area contributed by atoms with E-state index in [2.05, 4.69) is 9.88 Å². The summed E-state index contributed by atoms with van der Waals surface area (Å²) in [6.45, 7) is 1.98. The third-order valence-electron chi connectivity index (χ3n) is 4.08. The molecule has 1 aliphatic heterocycles. The van der Waals surface area contributed by atoms with Gasteiger partial charge in [-0.2, -0.15) is 0 Å². The van der Waals surface area contributed by atoms with Crippen LogP contribution in [0.5, 0.6) is 0 Å². The highest BCUT2D eigenvalue weighted by molar-refractivity contribution is 7.90. The number of hydrogen-bond acceptors (Lipinski definition) is 4. The average molecular weight is 351 g/mol. The smallest absolute Gasteiger partial charge is 0.175 e. The molecule has 2 heterocycles. The van der Waals surface area contributed by atoms with Gasteiger partial charge in [0.2, 0.25) is 0 Å². The third-order valence-corrected chi connectivity index (χ3v) is 5.42. The van der Waals surface area contributed by atoms with E-state index in [4.69, 9.17) is 11.6 Å². The molecular weight excluding hydrogens is 332 g/mol. The molecule has 2 aromatic rings. The number of benzene rings is 1. The summed E-state index contributed by atoms with van der Waals surface area (Å²) in [5.74, 6) is 0.918. The summed E-state index contributed by atoms with van der Waals surface area (Å²) in [7, 11) is -3.19. The first-order chi connectivity index (χ1) is 10.9.